The zero-order valence-electron chi connectivity index (χ0n) is 12.1. The lowest BCUT2D eigenvalue weighted by Crippen LogP contribution is -2.30. The van der Waals surface area contributed by atoms with Crippen molar-refractivity contribution in [1.82, 2.24) is 0 Å². The van der Waals surface area contributed by atoms with E-state index in [0.29, 0.717) is 6.42 Å². The number of para-hydroxylation sites is 1. The summed E-state index contributed by atoms with van der Waals surface area (Å²) in [6.07, 6.45) is 3.62. The lowest BCUT2D eigenvalue weighted by atomic mass is 9.87. The third-order valence-corrected chi connectivity index (χ3v) is 3.64. The van der Waals surface area contributed by atoms with Crippen molar-refractivity contribution >= 4 is 11.7 Å². The Balaban J connectivity index is 2.01. The highest BCUT2D eigenvalue weighted by Gasteiger charge is 2.36. The van der Waals surface area contributed by atoms with Crippen molar-refractivity contribution in [2.24, 2.45) is 0 Å². The van der Waals surface area contributed by atoms with Crippen LogP contribution in [0.25, 0.3) is 0 Å². The molecule has 0 spiro atoms. The van der Waals surface area contributed by atoms with E-state index >= 15 is 0 Å². The molecule has 1 aromatic rings. The molecule has 2 rings (SSSR count). The van der Waals surface area contributed by atoms with E-state index in [1.54, 1.807) is 5.06 Å². The van der Waals surface area contributed by atoms with E-state index in [1.165, 1.54) is 5.56 Å². The van der Waals surface area contributed by atoms with Gasteiger partial charge < -0.3 is 4.84 Å². The van der Waals surface area contributed by atoms with Crippen LogP contribution in [0.1, 0.15) is 52.0 Å². The fourth-order valence-corrected chi connectivity index (χ4v) is 2.56. The minimum atomic E-state index is -0.124. The SMILES string of the molecule is CCCCCC(=O)ON1CC(C)(C)c2ccccc21. The molecule has 0 saturated heterocycles. The smallest absolute Gasteiger partial charge is 0.332 e. The molecule has 0 unspecified atom stereocenters. The van der Waals surface area contributed by atoms with Crippen LogP contribution in [-0.4, -0.2) is 12.5 Å². The molecule has 3 heteroatoms. The number of unbranched alkanes of at least 4 members (excludes halogenated alkanes) is 2. The van der Waals surface area contributed by atoms with Crippen LogP contribution in [0.15, 0.2) is 24.3 Å². The third-order valence-electron chi connectivity index (χ3n) is 3.64. The van der Waals surface area contributed by atoms with Crippen LogP contribution in [0.4, 0.5) is 5.69 Å². The normalized spacial score (nSPS) is 16.3. The summed E-state index contributed by atoms with van der Waals surface area (Å²) in [6, 6.07) is 8.15. The highest BCUT2D eigenvalue weighted by molar-refractivity contribution is 5.72. The average molecular weight is 261 g/mol. The number of carbonyl (C=O) groups excluding carboxylic acids is 1. The minimum absolute atomic E-state index is 0.0281. The summed E-state index contributed by atoms with van der Waals surface area (Å²) in [4.78, 5) is 17.3. The van der Waals surface area contributed by atoms with Crippen LogP contribution in [0, 0.1) is 0 Å². The predicted molar refractivity (Wildman–Crippen MR) is 77.0 cm³/mol. The van der Waals surface area contributed by atoms with Gasteiger partial charge in [-0.25, -0.2) is 9.86 Å². The van der Waals surface area contributed by atoms with E-state index in [2.05, 4.69) is 26.8 Å². The molecule has 1 aromatic carbocycles. The molecule has 1 aliphatic rings. The Hall–Kier alpha value is -1.51. The van der Waals surface area contributed by atoms with Gasteiger partial charge in [-0.1, -0.05) is 51.8 Å². The fourth-order valence-electron chi connectivity index (χ4n) is 2.56. The predicted octanol–water partition coefficient (Wildman–Crippen LogP) is 3.82. The molecule has 0 atom stereocenters. The first-order valence-electron chi connectivity index (χ1n) is 7.12. The number of rotatable bonds is 5. The second-order valence-corrected chi connectivity index (χ2v) is 5.86. The number of hydrogen-bond donors (Lipinski definition) is 0. The summed E-state index contributed by atoms with van der Waals surface area (Å²) >= 11 is 0. The van der Waals surface area contributed by atoms with E-state index < -0.39 is 0 Å². The van der Waals surface area contributed by atoms with Crippen molar-refractivity contribution in [3.8, 4) is 0 Å². The molecule has 3 nitrogen and oxygen atoms in total. The standard InChI is InChI=1S/C16H23NO2/c1-4-5-6-11-15(18)19-17-12-16(2,3)13-9-7-8-10-14(13)17/h7-10H,4-6,11-12H2,1-3H3. The molecule has 0 bridgehead atoms. The molecule has 0 radical (unpaired) electrons. The van der Waals surface area contributed by atoms with Crippen molar-refractivity contribution in [3.63, 3.8) is 0 Å². The molecule has 104 valence electrons. The molecular formula is C16H23NO2. The molecular weight excluding hydrogens is 238 g/mol. The molecule has 19 heavy (non-hydrogen) atoms. The van der Waals surface area contributed by atoms with E-state index in [9.17, 15) is 4.79 Å². The number of nitrogens with zero attached hydrogens (tertiary/aromatic N) is 1. The Labute approximate surface area is 115 Å². The van der Waals surface area contributed by atoms with Crippen LogP contribution in [0.3, 0.4) is 0 Å². The Morgan fingerprint density at radius 2 is 2.05 bits per heavy atom. The van der Waals surface area contributed by atoms with Gasteiger partial charge in [0.15, 0.2) is 0 Å². The Morgan fingerprint density at radius 1 is 1.32 bits per heavy atom. The largest absolute Gasteiger partial charge is 0.341 e. The van der Waals surface area contributed by atoms with Crippen molar-refractivity contribution in [1.29, 1.82) is 0 Å². The van der Waals surface area contributed by atoms with Gasteiger partial charge in [0.25, 0.3) is 0 Å². The number of fused-ring (bicyclic) bond motifs is 1. The van der Waals surface area contributed by atoms with Gasteiger partial charge in [0.1, 0.15) is 0 Å². The zero-order chi connectivity index (χ0) is 13.9. The summed E-state index contributed by atoms with van der Waals surface area (Å²) in [6.45, 7) is 7.21. The Kier molecular flexibility index (Phi) is 4.13. The monoisotopic (exact) mass is 261 g/mol. The zero-order valence-corrected chi connectivity index (χ0v) is 12.1. The first-order chi connectivity index (χ1) is 9.04. The van der Waals surface area contributed by atoms with Crippen LogP contribution in [0.2, 0.25) is 0 Å². The van der Waals surface area contributed by atoms with Crippen LogP contribution < -0.4 is 5.06 Å². The van der Waals surface area contributed by atoms with Gasteiger partial charge in [0, 0.05) is 11.8 Å². The second kappa shape index (κ2) is 5.64. The van der Waals surface area contributed by atoms with Gasteiger partial charge in [-0.3, -0.25) is 0 Å². The van der Waals surface area contributed by atoms with E-state index in [1.807, 2.05) is 18.2 Å². The maximum absolute atomic E-state index is 11.8. The summed E-state index contributed by atoms with van der Waals surface area (Å²) < 4.78 is 0. The van der Waals surface area contributed by atoms with Gasteiger partial charge in [0.05, 0.1) is 12.2 Å². The summed E-state index contributed by atoms with van der Waals surface area (Å²) in [7, 11) is 0. The molecule has 0 saturated carbocycles. The van der Waals surface area contributed by atoms with Crippen LogP contribution >= 0.6 is 0 Å². The van der Waals surface area contributed by atoms with Gasteiger partial charge in [0.2, 0.25) is 0 Å². The van der Waals surface area contributed by atoms with Crippen molar-refractivity contribution < 1.29 is 9.63 Å². The van der Waals surface area contributed by atoms with Gasteiger partial charge in [-0.05, 0) is 18.1 Å². The Bertz CT molecular complexity index is 454. The second-order valence-electron chi connectivity index (χ2n) is 5.86. The van der Waals surface area contributed by atoms with E-state index in [0.717, 1.165) is 31.5 Å². The average Bonchev–Trinajstić information content (AvgIpc) is 2.62. The van der Waals surface area contributed by atoms with E-state index in [4.69, 9.17) is 4.84 Å². The number of hydrogen-bond acceptors (Lipinski definition) is 3. The summed E-state index contributed by atoms with van der Waals surface area (Å²) in [5, 5.41) is 1.75. The van der Waals surface area contributed by atoms with E-state index in [-0.39, 0.29) is 11.4 Å². The summed E-state index contributed by atoms with van der Waals surface area (Å²) in [5.41, 5.74) is 2.30. The molecule has 1 aliphatic heterocycles. The van der Waals surface area contributed by atoms with Crippen molar-refractivity contribution in [2.75, 3.05) is 11.6 Å². The fraction of sp³-hybridized carbons (Fsp3) is 0.562. The molecule has 0 aromatic heterocycles. The first kappa shape index (κ1) is 13.9. The topological polar surface area (TPSA) is 29.5 Å². The third kappa shape index (κ3) is 3.09. The highest BCUT2D eigenvalue weighted by atomic mass is 16.7. The van der Waals surface area contributed by atoms with Gasteiger partial charge >= 0.3 is 5.97 Å². The number of carbonyl (C=O) groups is 1. The molecule has 1 heterocycles. The maximum atomic E-state index is 11.8. The first-order valence-corrected chi connectivity index (χ1v) is 7.12. The quantitative estimate of drug-likeness (QED) is 0.755. The Morgan fingerprint density at radius 3 is 2.79 bits per heavy atom. The minimum Gasteiger partial charge on any atom is -0.341 e. The molecule has 0 amide bonds. The summed E-state index contributed by atoms with van der Waals surface area (Å²) in [5.74, 6) is -0.124. The lowest BCUT2D eigenvalue weighted by molar-refractivity contribution is -0.145. The van der Waals surface area contributed by atoms with Gasteiger partial charge in [-0.15, -0.1) is 0 Å². The van der Waals surface area contributed by atoms with Crippen molar-refractivity contribution in [2.45, 2.75) is 51.9 Å². The lowest BCUT2D eigenvalue weighted by Gasteiger charge is -2.21. The van der Waals surface area contributed by atoms with Crippen molar-refractivity contribution in [3.05, 3.63) is 29.8 Å². The number of benzene rings is 1. The van der Waals surface area contributed by atoms with Crippen LogP contribution in [0.5, 0.6) is 0 Å². The molecule has 0 fully saturated rings. The molecule has 0 aliphatic carbocycles. The van der Waals surface area contributed by atoms with Crippen LogP contribution in [-0.2, 0) is 15.0 Å². The maximum Gasteiger partial charge on any atom is 0.332 e. The number of hydroxylamine groups is 1. The number of anilines is 1. The van der Waals surface area contributed by atoms with Gasteiger partial charge in [-0.2, -0.15) is 0 Å². The highest BCUT2D eigenvalue weighted by Crippen LogP contribution is 2.40. The molecule has 0 N–H and O–H groups in total.